The molecule has 0 aliphatic carbocycles. The van der Waals surface area contributed by atoms with Gasteiger partial charge in [-0.25, -0.2) is 0 Å². The van der Waals surface area contributed by atoms with Crippen LogP contribution >= 0.6 is 11.6 Å². The van der Waals surface area contributed by atoms with E-state index in [-0.39, 0.29) is 5.91 Å². The molecule has 98 valence electrons. The standard InChI is InChI=1S/C14H19ClN2O/c1-3-11-5-4-8-17(11)14(18)12-9-10(15)6-7-13(12)16-2/h6-7,9,11,16H,3-5,8H2,1-2H3. The molecule has 1 aromatic rings. The summed E-state index contributed by atoms with van der Waals surface area (Å²) in [6.07, 6.45) is 3.22. The van der Waals surface area contributed by atoms with Gasteiger partial charge in [-0.1, -0.05) is 18.5 Å². The Labute approximate surface area is 113 Å². The molecule has 1 aromatic carbocycles. The highest BCUT2D eigenvalue weighted by atomic mass is 35.5. The number of nitrogens with one attached hydrogen (secondary N) is 1. The Morgan fingerprint density at radius 2 is 2.33 bits per heavy atom. The molecule has 1 unspecified atom stereocenters. The number of halogens is 1. The van der Waals surface area contributed by atoms with Gasteiger partial charge in [0.25, 0.3) is 5.91 Å². The summed E-state index contributed by atoms with van der Waals surface area (Å²) in [5.41, 5.74) is 1.51. The largest absolute Gasteiger partial charge is 0.387 e. The van der Waals surface area contributed by atoms with Crippen molar-refractivity contribution in [2.45, 2.75) is 32.2 Å². The number of likely N-dealkylation sites (tertiary alicyclic amines) is 1. The van der Waals surface area contributed by atoms with Gasteiger partial charge in [0.15, 0.2) is 0 Å². The van der Waals surface area contributed by atoms with Crippen LogP contribution in [0.15, 0.2) is 18.2 Å². The van der Waals surface area contributed by atoms with Crippen LogP contribution in [0, 0.1) is 0 Å². The van der Waals surface area contributed by atoms with Gasteiger partial charge in [-0.15, -0.1) is 0 Å². The second-order valence-corrected chi connectivity index (χ2v) is 5.08. The predicted molar refractivity (Wildman–Crippen MR) is 75.3 cm³/mol. The molecule has 1 N–H and O–H groups in total. The maximum Gasteiger partial charge on any atom is 0.256 e. The van der Waals surface area contributed by atoms with Crippen molar-refractivity contribution in [3.05, 3.63) is 28.8 Å². The van der Waals surface area contributed by atoms with Crippen LogP contribution in [0.3, 0.4) is 0 Å². The minimum absolute atomic E-state index is 0.0891. The van der Waals surface area contributed by atoms with E-state index in [9.17, 15) is 4.79 Å². The van der Waals surface area contributed by atoms with Crippen molar-refractivity contribution in [1.29, 1.82) is 0 Å². The van der Waals surface area contributed by atoms with Crippen molar-refractivity contribution < 1.29 is 4.79 Å². The zero-order chi connectivity index (χ0) is 13.1. The zero-order valence-electron chi connectivity index (χ0n) is 10.9. The number of hydrogen-bond donors (Lipinski definition) is 1. The number of rotatable bonds is 3. The van der Waals surface area contributed by atoms with Gasteiger partial charge in [-0.05, 0) is 37.5 Å². The molecule has 3 nitrogen and oxygen atoms in total. The first-order chi connectivity index (χ1) is 8.67. The molecule has 1 aliphatic rings. The molecule has 1 aliphatic heterocycles. The Bertz CT molecular complexity index is 447. The van der Waals surface area contributed by atoms with E-state index in [0.29, 0.717) is 16.6 Å². The fourth-order valence-electron chi connectivity index (χ4n) is 2.59. The number of carbonyl (C=O) groups excluding carboxylic acids is 1. The summed E-state index contributed by atoms with van der Waals surface area (Å²) in [5.74, 6) is 0.0891. The SMILES string of the molecule is CCC1CCCN1C(=O)c1cc(Cl)ccc1NC. The van der Waals surface area contributed by atoms with Crippen molar-refractivity contribution in [3.63, 3.8) is 0 Å². The van der Waals surface area contributed by atoms with Gasteiger partial charge < -0.3 is 10.2 Å². The lowest BCUT2D eigenvalue weighted by Gasteiger charge is -2.24. The van der Waals surface area contributed by atoms with Crippen molar-refractivity contribution in [3.8, 4) is 0 Å². The van der Waals surface area contributed by atoms with Gasteiger partial charge in [0, 0.05) is 30.3 Å². The van der Waals surface area contributed by atoms with Crippen LogP contribution in [-0.2, 0) is 0 Å². The number of hydrogen-bond acceptors (Lipinski definition) is 2. The van der Waals surface area contributed by atoms with E-state index >= 15 is 0 Å². The van der Waals surface area contributed by atoms with E-state index < -0.39 is 0 Å². The normalized spacial score (nSPS) is 19.1. The van der Waals surface area contributed by atoms with Crippen LogP contribution in [0.2, 0.25) is 5.02 Å². The van der Waals surface area contributed by atoms with Crippen LogP contribution in [0.4, 0.5) is 5.69 Å². The van der Waals surface area contributed by atoms with Crippen molar-refractivity contribution in [1.82, 2.24) is 4.90 Å². The van der Waals surface area contributed by atoms with Gasteiger partial charge in [-0.3, -0.25) is 4.79 Å². The molecular weight excluding hydrogens is 248 g/mol. The molecule has 18 heavy (non-hydrogen) atoms. The Kier molecular flexibility index (Phi) is 4.12. The van der Waals surface area contributed by atoms with Gasteiger partial charge in [-0.2, -0.15) is 0 Å². The first-order valence-electron chi connectivity index (χ1n) is 6.45. The Morgan fingerprint density at radius 1 is 1.56 bits per heavy atom. The molecule has 2 rings (SSSR count). The van der Waals surface area contributed by atoms with Crippen molar-refractivity contribution in [2.24, 2.45) is 0 Å². The third kappa shape index (κ3) is 2.46. The smallest absolute Gasteiger partial charge is 0.256 e. The Balaban J connectivity index is 2.30. The highest BCUT2D eigenvalue weighted by molar-refractivity contribution is 6.31. The second-order valence-electron chi connectivity index (χ2n) is 4.64. The number of anilines is 1. The topological polar surface area (TPSA) is 32.3 Å². The first kappa shape index (κ1) is 13.2. The minimum Gasteiger partial charge on any atom is -0.387 e. The summed E-state index contributed by atoms with van der Waals surface area (Å²) >= 11 is 6.00. The summed E-state index contributed by atoms with van der Waals surface area (Å²) in [4.78, 5) is 14.6. The van der Waals surface area contributed by atoms with Gasteiger partial charge in [0.1, 0.15) is 0 Å². The quantitative estimate of drug-likeness (QED) is 0.909. The predicted octanol–water partition coefficient (Wildman–Crippen LogP) is 3.40. The van der Waals surface area contributed by atoms with Crippen LogP contribution in [0.25, 0.3) is 0 Å². The number of benzene rings is 1. The molecule has 1 fully saturated rings. The van der Waals surface area contributed by atoms with Crippen LogP contribution in [0.5, 0.6) is 0 Å². The number of amides is 1. The molecule has 1 atom stereocenters. The lowest BCUT2D eigenvalue weighted by molar-refractivity contribution is 0.0734. The van der Waals surface area contributed by atoms with Gasteiger partial charge >= 0.3 is 0 Å². The Morgan fingerprint density at radius 3 is 3.00 bits per heavy atom. The van der Waals surface area contributed by atoms with E-state index in [1.54, 1.807) is 12.1 Å². The molecule has 1 saturated heterocycles. The van der Waals surface area contributed by atoms with Crippen LogP contribution in [-0.4, -0.2) is 30.4 Å². The van der Waals surface area contributed by atoms with Crippen LogP contribution < -0.4 is 5.32 Å². The lowest BCUT2D eigenvalue weighted by atomic mass is 10.1. The maximum atomic E-state index is 12.6. The molecule has 4 heteroatoms. The highest BCUT2D eigenvalue weighted by Crippen LogP contribution is 2.27. The molecular formula is C14H19ClN2O. The lowest BCUT2D eigenvalue weighted by Crippen LogP contribution is -2.35. The van der Waals surface area contributed by atoms with E-state index in [1.807, 2.05) is 18.0 Å². The monoisotopic (exact) mass is 266 g/mol. The van der Waals surface area contributed by atoms with E-state index in [0.717, 1.165) is 31.5 Å². The highest BCUT2D eigenvalue weighted by Gasteiger charge is 2.29. The summed E-state index contributed by atoms with van der Waals surface area (Å²) in [6, 6.07) is 5.78. The third-order valence-electron chi connectivity index (χ3n) is 3.59. The summed E-state index contributed by atoms with van der Waals surface area (Å²) < 4.78 is 0. The summed E-state index contributed by atoms with van der Waals surface area (Å²) in [6.45, 7) is 2.99. The molecule has 0 saturated carbocycles. The van der Waals surface area contributed by atoms with Crippen LogP contribution in [0.1, 0.15) is 36.5 Å². The minimum atomic E-state index is 0.0891. The van der Waals surface area contributed by atoms with Crippen molar-refractivity contribution >= 4 is 23.2 Å². The fourth-order valence-corrected chi connectivity index (χ4v) is 2.77. The third-order valence-corrected chi connectivity index (χ3v) is 3.83. The number of nitrogens with zero attached hydrogens (tertiary/aromatic N) is 1. The maximum absolute atomic E-state index is 12.6. The van der Waals surface area contributed by atoms with Gasteiger partial charge in [0.05, 0.1) is 5.56 Å². The van der Waals surface area contributed by atoms with E-state index in [1.165, 1.54) is 0 Å². The molecule has 1 heterocycles. The Hall–Kier alpha value is -1.22. The molecule has 0 radical (unpaired) electrons. The molecule has 0 spiro atoms. The molecule has 1 amide bonds. The molecule has 0 bridgehead atoms. The molecule has 0 aromatic heterocycles. The van der Waals surface area contributed by atoms with Gasteiger partial charge in [0.2, 0.25) is 0 Å². The van der Waals surface area contributed by atoms with E-state index in [2.05, 4.69) is 12.2 Å². The summed E-state index contributed by atoms with van der Waals surface area (Å²) in [5, 5.41) is 3.66. The zero-order valence-corrected chi connectivity index (χ0v) is 11.6. The first-order valence-corrected chi connectivity index (χ1v) is 6.83. The fraction of sp³-hybridized carbons (Fsp3) is 0.500. The summed E-state index contributed by atoms with van der Waals surface area (Å²) in [7, 11) is 1.82. The van der Waals surface area contributed by atoms with Crippen molar-refractivity contribution in [2.75, 3.05) is 18.9 Å². The second kappa shape index (κ2) is 5.61. The number of carbonyl (C=O) groups is 1. The van der Waals surface area contributed by atoms with E-state index in [4.69, 9.17) is 11.6 Å². The average molecular weight is 267 g/mol. The average Bonchev–Trinajstić information content (AvgIpc) is 2.86.